The lowest BCUT2D eigenvalue weighted by Gasteiger charge is -2.10. The van der Waals surface area contributed by atoms with Crippen LogP contribution in [0.15, 0.2) is 53.4 Å². The highest BCUT2D eigenvalue weighted by Gasteiger charge is 2.17. The van der Waals surface area contributed by atoms with Gasteiger partial charge in [-0.05, 0) is 36.8 Å². The third-order valence-electron chi connectivity index (χ3n) is 3.59. The Morgan fingerprint density at radius 2 is 1.84 bits per heavy atom. The Balaban J connectivity index is 2.14. The highest BCUT2D eigenvalue weighted by Crippen LogP contribution is 2.19. The quantitative estimate of drug-likeness (QED) is 0.704. The molecule has 2 aromatic carbocycles. The number of carbonyl (C=O) groups excluding carboxylic acids is 1. The van der Waals surface area contributed by atoms with Crippen molar-refractivity contribution >= 4 is 21.6 Å². The molecule has 0 unspecified atom stereocenters. The Labute approximate surface area is 147 Å². The molecule has 134 valence electrons. The summed E-state index contributed by atoms with van der Waals surface area (Å²) in [4.78, 5) is 12.0. The van der Waals surface area contributed by atoms with Gasteiger partial charge in [-0.15, -0.1) is 0 Å². The predicted molar refractivity (Wildman–Crippen MR) is 95.5 cm³/mol. The molecule has 0 spiro atoms. The summed E-state index contributed by atoms with van der Waals surface area (Å²) in [6.07, 6.45) is 2.93. The minimum Gasteiger partial charge on any atom is -0.352 e. The molecule has 2 N–H and O–H groups in total. The van der Waals surface area contributed by atoms with Crippen molar-refractivity contribution in [3.05, 3.63) is 59.9 Å². The predicted octanol–water partition coefficient (Wildman–Crippen LogP) is 3.55. The van der Waals surface area contributed by atoms with Gasteiger partial charge in [0.05, 0.1) is 10.6 Å². The molecular formula is C18H21FN2O3S. The largest absolute Gasteiger partial charge is 0.352 e. The lowest BCUT2D eigenvalue weighted by Crippen LogP contribution is -2.24. The first-order valence-electron chi connectivity index (χ1n) is 8.09. The van der Waals surface area contributed by atoms with Crippen molar-refractivity contribution in [2.24, 2.45) is 0 Å². The van der Waals surface area contributed by atoms with Gasteiger partial charge in [-0.3, -0.25) is 9.52 Å². The molecule has 0 aromatic heterocycles. The van der Waals surface area contributed by atoms with Gasteiger partial charge in [0.2, 0.25) is 0 Å². The molecule has 0 saturated heterocycles. The fourth-order valence-corrected chi connectivity index (χ4v) is 3.34. The monoisotopic (exact) mass is 364 g/mol. The number of unbranched alkanes of at least 4 members (excludes halogenated alkanes) is 2. The summed E-state index contributed by atoms with van der Waals surface area (Å²) in [7, 11) is -3.99. The first kappa shape index (κ1) is 18.9. The number of amides is 1. The molecule has 0 heterocycles. The summed E-state index contributed by atoms with van der Waals surface area (Å²) in [5, 5.41) is 2.76. The van der Waals surface area contributed by atoms with Crippen LogP contribution < -0.4 is 10.0 Å². The number of sulfonamides is 1. The van der Waals surface area contributed by atoms with Crippen LogP contribution in [0.2, 0.25) is 0 Å². The second kappa shape index (κ2) is 8.62. The number of nitrogens with one attached hydrogen (secondary N) is 2. The number of hydrogen-bond acceptors (Lipinski definition) is 3. The Morgan fingerprint density at radius 1 is 1.08 bits per heavy atom. The van der Waals surface area contributed by atoms with Gasteiger partial charge >= 0.3 is 0 Å². The summed E-state index contributed by atoms with van der Waals surface area (Å²) < 4.78 is 40.7. The molecule has 5 nitrogen and oxygen atoms in total. The number of carbonyl (C=O) groups is 1. The summed E-state index contributed by atoms with van der Waals surface area (Å²) in [6.45, 7) is 2.61. The third kappa shape index (κ3) is 5.29. The molecule has 0 fully saturated rings. The van der Waals surface area contributed by atoms with Crippen molar-refractivity contribution in [3.63, 3.8) is 0 Å². The van der Waals surface area contributed by atoms with Gasteiger partial charge in [0.25, 0.3) is 15.9 Å². The number of rotatable bonds is 8. The van der Waals surface area contributed by atoms with Gasteiger partial charge in [0.15, 0.2) is 0 Å². The highest BCUT2D eigenvalue weighted by molar-refractivity contribution is 7.92. The maximum Gasteiger partial charge on any atom is 0.262 e. The molecule has 0 aliphatic heterocycles. The van der Waals surface area contributed by atoms with E-state index < -0.39 is 15.8 Å². The molecule has 2 aromatic rings. The third-order valence-corrected chi connectivity index (χ3v) is 4.95. The minimum atomic E-state index is -3.99. The lowest BCUT2D eigenvalue weighted by atomic mass is 10.2. The fraction of sp³-hybridized carbons (Fsp3) is 0.278. The van der Waals surface area contributed by atoms with E-state index >= 15 is 0 Å². The van der Waals surface area contributed by atoms with Crippen LogP contribution in [0.1, 0.15) is 36.5 Å². The first-order valence-corrected chi connectivity index (χ1v) is 9.58. The minimum absolute atomic E-state index is 0.100. The van der Waals surface area contributed by atoms with E-state index in [-0.39, 0.29) is 22.1 Å². The van der Waals surface area contributed by atoms with E-state index in [2.05, 4.69) is 17.0 Å². The van der Waals surface area contributed by atoms with Crippen molar-refractivity contribution in [2.75, 3.05) is 11.3 Å². The van der Waals surface area contributed by atoms with Crippen molar-refractivity contribution in [3.8, 4) is 0 Å². The zero-order valence-electron chi connectivity index (χ0n) is 14.0. The number of anilines is 1. The molecule has 0 aliphatic carbocycles. The van der Waals surface area contributed by atoms with Gasteiger partial charge < -0.3 is 5.32 Å². The molecule has 7 heteroatoms. The van der Waals surface area contributed by atoms with E-state index in [1.165, 1.54) is 42.5 Å². The van der Waals surface area contributed by atoms with E-state index in [1.54, 1.807) is 0 Å². The van der Waals surface area contributed by atoms with Crippen LogP contribution in [0.25, 0.3) is 0 Å². The zero-order chi connectivity index (χ0) is 18.3. The van der Waals surface area contributed by atoms with Crippen LogP contribution in [-0.2, 0) is 10.0 Å². The molecule has 0 atom stereocenters. The molecule has 0 radical (unpaired) electrons. The molecule has 1 amide bonds. The number of halogens is 1. The molecular weight excluding hydrogens is 343 g/mol. The highest BCUT2D eigenvalue weighted by atomic mass is 32.2. The smallest absolute Gasteiger partial charge is 0.262 e. The second-order valence-corrected chi connectivity index (χ2v) is 7.26. The van der Waals surface area contributed by atoms with Gasteiger partial charge in [0.1, 0.15) is 5.82 Å². The second-order valence-electron chi connectivity index (χ2n) is 5.58. The number of para-hydroxylation sites is 1. The van der Waals surface area contributed by atoms with Crippen LogP contribution in [0.5, 0.6) is 0 Å². The number of hydrogen-bond donors (Lipinski definition) is 2. The summed E-state index contributed by atoms with van der Waals surface area (Å²) in [5.74, 6) is -1.00. The van der Waals surface area contributed by atoms with E-state index in [9.17, 15) is 17.6 Å². The first-order chi connectivity index (χ1) is 11.9. The molecule has 0 bridgehead atoms. The van der Waals surface area contributed by atoms with E-state index in [0.717, 1.165) is 25.3 Å². The maximum atomic E-state index is 13.7. The summed E-state index contributed by atoms with van der Waals surface area (Å²) >= 11 is 0. The Morgan fingerprint density at radius 3 is 2.56 bits per heavy atom. The summed E-state index contributed by atoms with van der Waals surface area (Å²) in [5.41, 5.74) is 0.102. The molecule has 0 aliphatic rings. The topological polar surface area (TPSA) is 75.3 Å². The molecule has 2 rings (SSSR count). The zero-order valence-corrected chi connectivity index (χ0v) is 14.8. The summed E-state index contributed by atoms with van der Waals surface area (Å²) in [6, 6.07) is 11.1. The van der Waals surface area contributed by atoms with Crippen LogP contribution >= 0.6 is 0 Å². The van der Waals surface area contributed by atoms with Crippen LogP contribution in [0.4, 0.5) is 10.1 Å². The van der Waals surface area contributed by atoms with E-state index in [4.69, 9.17) is 0 Å². The van der Waals surface area contributed by atoms with Crippen molar-refractivity contribution < 1.29 is 17.6 Å². The van der Waals surface area contributed by atoms with Gasteiger partial charge in [-0.2, -0.15) is 0 Å². The molecule has 0 saturated carbocycles. The molecule has 25 heavy (non-hydrogen) atoms. The SMILES string of the molecule is CCCCCNC(=O)c1cccc(S(=O)(=O)Nc2ccccc2F)c1. The van der Waals surface area contributed by atoms with Gasteiger partial charge in [-0.25, -0.2) is 12.8 Å². The van der Waals surface area contributed by atoms with Crippen LogP contribution in [0.3, 0.4) is 0 Å². The van der Waals surface area contributed by atoms with Crippen molar-refractivity contribution in [1.82, 2.24) is 5.32 Å². The maximum absolute atomic E-state index is 13.7. The van der Waals surface area contributed by atoms with Crippen molar-refractivity contribution in [2.45, 2.75) is 31.1 Å². The van der Waals surface area contributed by atoms with E-state index in [0.29, 0.717) is 6.54 Å². The Hall–Kier alpha value is -2.41. The average molecular weight is 364 g/mol. The van der Waals surface area contributed by atoms with Crippen LogP contribution in [0, 0.1) is 5.82 Å². The van der Waals surface area contributed by atoms with Crippen LogP contribution in [-0.4, -0.2) is 20.9 Å². The van der Waals surface area contributed by atoms with E-state index in [1.807, 2.05) is 0 Å². The fourth-order valence-electron chi connectivity index (χ4n) is 2.23. The van der Waals surface area contributed by atoms with Crippen molar-refractivity contribution in [1.29, 1.82) is 0 Å². The van der Waals surface area contributed by atoms with Gasteiger partial charge in [-0.1, -0.05) is 38.0 Å². The normalized spacial score (nSPS) is 11.1. The Kier molecular flexibility index (Phi) is 6.52. The number of benzene rings is 2. The standard InChI is InChI=1S/C18H21FN2O3S/c1-2-3-6-12-20-18(22)14-8-7-9-15(13-14)25(23,24)21-17-11-5-4-10-16(17)19/h4-5,7-11,13,21H,2-3,6,12H2,1H3,(H,20,22). The van der Waals surface area contributed by atoms with Gasteiger partial charge in [0, 0.05) is 12.1 Å². The lowest BCUT2D eigenvalue weighted by molar-refractivity contribution is 0.0952. The average Bonchev–Trinajstić information content (AvgIpc) is 2.60. The Bertz CT molecular complexity index is 838.